The second-order valence-corrected chi connectivity index (χ2v) is 1.62. The smallest absolute Gasteiger partial charge is 0.304 e. The van der Waals surface area contributed by atoms with Crippen molar-refractivity contribution >= 4 is 5.97 Å². The molecule has 62 valence electrons. The molecule has 0 heterocycles. The van der Waals surface area contributed by atoms with Gasteiger partial charge in [-0.15, -0.1) is 0 Å². The minimum atomic E-state index is -0.395. The molecule has 6 nitrogen and oxygen atoms in total. The maximum atomic E-state index is 10.1. The van der Waals surface area contributed by atoms with Crippen LogP contribution in [0.3, 0.4) is 0 Å². The molecular weight excluding hydrogens is 150 g/mol. The van der Waals surface area contributed by atoms with Crippen LogP contribution in [0, 0.1) is 0 Å². The first-order chi connectivity index (χ1) is 5.27. The summed E-state index contributed by atoms with van der Waals surface area (Å²) < 4.78 is 9.16. The normalized spacial score (nSPS) is 8.45. The lowest BCUT2D eigenvalue weighted by Gasteiger charge is -2.00. The van der Waals surface area contributed by atoms with Crippen molar-refractivity contribution in [3.63, 3.8) is 0 Å². The second kappa shape index (κ2) is 6.85. The molecule has 0 radical (unpaired) electrons. The molecule has 0 saturated carbocycles. The molecule has 0 spiro atoms. The lowest BCUT2D eigenvalue weighted by atomic mass is 10.7. The van der Waals surface area contributed by atoms with Gasteiger partial charge in [0.2, 0.25) is 0 Å². The summed E-state index contributed by atoms with van der Waals surface area (Å²) in [4.78, 5) is 12.7. The molecule has 0 aromatic rings. The average molecular weight is 159 g/mol. The van der Waals surface area contributed by atoms with Crippen LogP contribution >= 0.6 is 0 Å². The molecule has 0 saturated heterocycles. The monoisotopic (exact) mass is 159 g/mol. The summed E-state index contributed by atoms with van der Waals surface area (Å²) in [5, 5.41) is 3.20. The predicted molar refractivity (Wildman–Crippen MR) is 36.6 cm³/mol. The van der Waals surface area contributed by atoms with Crippen LogP contribution in [0.2, 0.25) is 0 Å². The van der Waals surface area contributed by atoms with Crippen LogP contribution in [0.25, 0.3) is 10.4 Å². The second-order valence-electron chi connectivity index (χ2n) is 1.62. The fraction of sp³-hybridized carbons (Fsp3) is 0.800. The highest BCUT2D eigenvalue weighted by atomic mass is 16.7. The topological polar surface area (TPSA) is 84.3 Å². The van der Waals surface area contributed by atoms with Gasteiger partial charge < -0.3 is 9.47 Å². The van der Waals surface area contributed by atoms with Crippen molar-refractivity contribution in [2.45, 2.75) is 6.92 Å². The number of carbonyl (C=O) groups is 1. The van der Waals surface area contributed by atoms with Crippen LogP contribution in [0.4, 0.5) is 0 Å². The first-order valence-corrected chi connectivity index (χ1v) is 2.99. The Morgan fingerprint density at radius 1 is 1.73 bits per heavy atom. The number of carbonyl (C=O) groups excluding carboxylic acids is 1. The number of ether oxygens (including phenoxy) is 2. The van der Waals surface area contributed by atoms with Crippen LogP contribution in [-0.2, 0) is 14.3 Å². The third-order valence-corrected chi connectivity index (χ3v) is 0.744. The van der Waals surface area contributed by atoms with Gasteiger partial charge in [-0.2, -0.15) is 0 Å². The van der Waals surface area contributed by atoms with E-state index >= 15 is 0 Å². The Morgan fingerprint density at radius 3 is 3.00 bits per heavy atom. The summed E-state index contributed by atoms with van der Waals surface area (Å²) >= 11 is 0. The summed E-state index contributed by atoms with van der Waals surface area (Å²) in [5.74, 6) is -0.395. The Hall–Kier alpha value is -1.26. The number of hydrogen-bond acceptors (Lipinski definition) is 4. The quantitative estimate of drug-likeness (QED) is 0.149. The van der Waals surface area contributed by atoms with E-state index in [0.29, 0.717) is 0 Å². The molecule has 11 heavy (non-hydrogen) atoms. The van der Waals surface area contributed by atoms with E-state index in [4.69, 9.17) is 10.3 Å². The molecule has 0 atom stereocenters. The molecule has 0 rings (SSSR count). The van der Waals surface area contributed by atoms with E-state index in [0.717, 1.165) is 0 Å². The van der Waals surface area contributed by atoms with E-state index in [-0.39, 0.29) is 19.9 Å². The van der Waals surface area contributed by atoms with Crippen LogP contribution < -0.4 is 0 Å². The van der Waals surface area contributed by atoms with Gasteiger partial charge in [0.15, 0.2) is 6.79 Å². The average Bonchev–Trinajstić information content (AvgIpc) is 1.96. The highest BCUT2D eigenvalue weighted by molar-refractivity contribution is 5.65. The number of nitrogens with zero attached hydrogens (tertiary/aromatic N) is 3. The van der Waals surface area contributed by atoms with Gasteiger partial charge in [0, 0.05) is 18.4 Å². The maximum absolute atomic E-state index is 10.1. The van der Waals surface area contributed by atoms with E-state index in [1.54, 1.807) is 0 Å². The third kappa shape index (κ3) is 8.74. The van der Waals surface area contributed by atoms with Gasteiger partial charge in [-0.05, 0) is 5.53 Å². The summed E-state index contributed by atoms with van der Waals surface area (Å²) in [6.45, 7) is 1.71. The summed E-state index contributed by atoms with van der Waals surface area (Å²) in [7, 11) is 0. The molecule has 0 amide bonds. The molecule has 0 fully saturated rings. The molecule has 0 N–H and O–H groups in total. The van der Waals surface area contributed by atoms with Crippen molar-refractivity contribution in [1.82, 2.24) is 0 Å². The molecule has 0 aromatic carbocycles. The van der Waals surface area contributed by atoms with Gasteiger partial charge in [0.25, 0.3) is 0 Å². The third-order valence-electron chi connectivity index (χ3n) is 0.744. The fourth-order valence-corrected chi connectivity index (χ4v) is 0.334. The summed E-state index contributed by atoms with van der Waals surface area (Å²) in [6, 6.07) is 0. The first kappa shape index (κ1) is 9.74. The Balaban J connectivity index is 3.02. The SMILES string of the molecule is CC(=O)OCOCCN=[N+]=[N-]. The summed E-state index contributed by atoms with van der Waals surface area (Å²) in [6.07, 6.45) is 0. The van der Waals surface area contributed by atoms with E-state index in [2.05, 4.69) is 14.8 Å². The Labute approximate surface area is 63.7 Å². The van der Waals surface area contributed by atoms with E-state index in [1.807, 2.05) is 0 Å². The molecule has 0 aliphatic heterocycles. The molecule has 6 heteroatoms. The maximum Gasteiger partial charge on any atom is 0.304 e. The summed E-state index contributed by atoms with van der Waals surface area (Å²) in [5.41, 5.74) is 7.83. The van der Waals surface area contributed by atoms with Crippen molar-refractivity contribution < 1.29 is 14.3 Å². The Morgan fingerprint density at radius 2 is 2.45 bits per heavy atom. The van der Waals surface area contributed by atoms with Gasteiger partial charge >= 0.3 is 5.97 Å². The van der Waals surface area contributed by atoms with E-state index in [9.17, 15) is 4.79 Å². The van der Waals surface area contributed by atoms with Gasteiger partial charge in [-0.1, -0.05) is 5.11 Å². The lowest BCUT2D eigenvalue weighted by molar-refractivity contribution is -0.153. The Bertz CT molecular complexity index is 160. The van der Waals surface area contributed by atoms with Crippen molar-refractivity contribution in [2.75, 3.05) is 19.9 Å². The number of esters is 1. The largest absolute Gasteiger partial charge is 0.439 e. The highest BCUT2D eigenvalue weighted by Gasteiger charge is 1.90. The van der Waals surface area contributed by atoms with Gasteiger partial charge in [0.1, 0.15) is 0 Å². The van der Waals surface area contributed by atoms with Gasteiger partial charge in [-0.25, -0.2) is 0 Å². The number of rotatable bonds is 5. The standard InChI is InChI=1S/C5H9N3O3/c1-5(9)11-4-10-3-2-7-8-6/h2-4H2,1H3. The molecular formula is C5H9N3O3. The van der Waals surface area contributed by atoms with Crippen molar-refractivity contribution in [3.8, 4) is 0 Å². The van der Waals surface area contributed by atoms with Crippen LogP contribution in [0.15, 0.2) is 5.11 Å². The molecule has 0 aliphatic rings. The van der Waals surface area contributed by atoms with Crippen molar-refractivity contribution in [1.29, 1.82) is 0 Å². The zero-order valence-corrected chi connectivity index (χ0v) is 6.19. The van der Waals surface area contributed by atoms with Crippen molar-refractivity contribution in [2.24, 2.45) is 5.11 Å². The first-order valence-electron chi connectivity index (χ1n) is 2.99. The fourth-order valence-electron chi connectivity index (χ4n) is 0.334. The van der Waals surface area contributed by atoms with Crippen molar-refractivity contribution in [3.05, 3.63) is 10.4 Å². The zero-order chi connectivity index (χ0) is 8.53. The minimum Gasteiger partial charge on any atom is -0.439 e. The number of azide groups is 1. The molecule has 0 aliphatic carbocycles. The van der Waals surface area contributed by atoms with Gasteiger partial charge in [-0.3, -0.25) is 4.79 Å². The predicted octanol–water partition coefficient (Wildman–Crippen LogP) is 0.834. The zero-order valence-electron chi connectivity index (χ0n) is 6.19. The van der Waals surface area contributed by atoms with Gasteiger partial charge in [0.05, 0.1) is 6.61 Å². The van der Waals surface area contributed by atoms with Crippen LogP contribution in [-0.4, -0.2) is 25.9 Å². The minimum absolute atomic E-state index is 0.0870. The van der Waals surface area contributed by atoms with Crippen LogP contribution in [0.1, 0.15) is 6.92 Å². The van der Waals surface area contributed by atoms with E-state index < -0.39 is 5.97 Å². The lowest BCUT2D eigenvalue weighted by Crippen LogP contribution is -2.06. The number of hydrogen-bond donors (Lipinski definition) is 0. The molecule has 0 bridgehead atoms. The van der Waals surface area contributed by atoms with E-state index in [1.165, 1.54) is 6.92 Å². The van der Waals surface area contributed by atoms with Crippen LogP contribution in [0.5, 0.6) is 0 Å². The molecule has 0 aromatic heterocycles. The molecule has 0 unspecified atom stereocenters. The highest BCUT2D eigenvalue weighted by Crippen LogP contribution is 1.80. The Kier molecular flexibility index (Phi) is 6.07.